The van der Waals surface area contributed by atoms with Crippen molar-refractivity contribution < 1.29 is 4.79 Å². The number of piperidine rings is 1. The molecule has 0 atom stereocenters. The Balaban J connectivity index is 2.08. The highest BCUT2D eigenvalue weighted by atomic mass is 16.2. The number of amides is 1. The van der Waals surface area contributed by atoms with E-state index in [9.17, 15) is 4.79 Å². The lowest BCUT2D eigenvalue weighted by Crippen LogP contribution is -2.36. The molecule has 1 aliphatic rings. The minimum absolute atomic E-state index is 0.0208. The Labute approximate surface area is 102 Å². The summed E-state index contributed by atoms with van der Waals surface area (Å²) < 4.78 is 0. The normalized spacial score (nSPS) is 16.3. The van der Waals surface area contributed by atoms with Crippen molar-refractivity contribution in [2.45, 2.75) is 39.0 Å². The Hall–Kier alpha value is -1.45. The lowest BCUT2D eigenvalue weighted by atomic mass is 10.1. The summed E-state index contributed by atoms with van der Waals surface area (Å²) in [6.07, 6.45) is 3.42. The molecule has 0 aliphatic carbocycles. The average molecular weight is 233 g/mol. The van der Waals surface area contributed by atoms with Gasteiger partial charge in [0.2, 0.25) is 0 Å². The maximum Gasteiger partial charge on any atom is 0.274 e. The van der Waals surface area contributed by atoms with E-state index in [1.807, 2.05) is 11.0 Å². The van der Waals surface area contributed by atoms with Crippen LogP contribution in [0.15, 0.2) is 12.1 Å². The second-order valence-corrected chi connectivity index (χ2v) is 4.85. The summed E-state index contributed by atoms with van der Waals surface area (Å²) in [4.78, 5) is 14.0. The smallest absolute Gasteiger partial charge is 0.274 e. The van der Waals surface area contributed by atoms with Crippen molar-refractivity contribution in [3.05, 3.63) is 23.5 Å². The molecule has 2 heterocycles. The molecule has 1 aliphatic heterocycles. The predicted molar refractivity (Wildman–Crippen MR) is 65.9 cm³/mol. The summed E-state index contributed by atoms with van der Waals surface area (Å²) >= 11 is 0. The monoisotopic (exact) mass is 233 g/mol. The van der Waals surface area contributed by atoms with Gasteiger partial charge in [-0.05, 0) is 37.3 Å². The van der Waals surface area contributed by atoms with Gasteiger partial charge in [-0.25, -0.2) is 0 Å². The number of rotatable bonds is 2. The van der Waals surface area contributed by atoms with Crippen LogP contribution in [0.5, 0.6) is 0 Å². The summed E-state index contributed by atoms with van der Waals surface area (Å²) in [6, 6.07) is 3.69. The lowest BCUT2D eigenvalue weighted by Gasteiger charge is -2.26. The third-order valence-corrected chi connectivity index (χ3v) is 3.14. The van der Waals surface area contributed by atoms with Crippen LogP contribution in [0.4, 0.5) is 0 Å². The highest BCUT2D eigenvalue weighted by Gasteiger charge is 2.19. The SMILES string of the molecule is CC(C)c1ccc(C(=O)N2CCCCC2)nn1. The van der Waals surface area contributed by atoms with Crippen LogP contribution >= 0.6 is 0 Å². The molecule has 1 aromatic heterocycles. The van der Waals surface area contributed by atoms with Gasteiger partial charge in [0.25, 0.3) is 5.91 Å². The molecule has 4 heteroatoms. The van der Waals surface area contributed by atoms with Crippen molar-refractivity contribution in [2.75, 3.05) is 13.1 Å². The van der Waals surface area contributed by atoms with Crippen LogP contribution in [0.3, 0.4) is 0 Å². The quantitative estimate of drug-likeness (QED) is 0.787. The van der Waals surface area contributed by atoms with Gasteiger partial charge in [-0.15, -0.1) is 5.10 Å². The van der Waals surface area contributed by atoms with E-state index in [4.69, 9.17) is 0 Å². The summed E-state index contributed by atoms with van der Waals surface area (Å²) in [5.74, 6) is 0.370. The standard InChI is InChI=1S/C13H19N3O/c1-10(2)11-6-7-12(15-14-11)13(17)16-8-4-3-5-9-16/h6-7,10H,3-5,8-9H2,1-2H3. The van der Waals surface area contributed by atoms with Gasteiger partial charge >= 0.3 is 0 Å². The van der Waals surface area contributed by atoms with Crippen LogP contribution in [-0.2, 0) is 0 Å². The van der Waals surface area contributed by atoms with E-state index < -0.39 is 0 Å². The second-order valence-electron chi connectivity index (χ2n) is 4.85. The van der Waals surface area contributed by atoms with Crippen molar-refractivity contribution in [3.63, 3.8) is 0 Å². The van der Waals surface area contributed by atoms with Gasteiger partial charge in [-0.2, -0.15) is 5.10 Å². The third-order valence-electron chi connectivity index (χ3n) is 3.14. The van der Waals surface area contributed by atoms with Gasteiger partial charge in [0.15, 0.2) is 5.69 Å². The van der Waals surface area contributed by atoms with Gasteiger partial charge in [0.05, 0.1) is 5.69 Å². The molecule has 0 spiro atoms. The molecular weight excluding hydrogens is 214 g/mol. The van der Waals surface area contributed by atoms with Crippen molar-refractivity contribution in [1.82, 2.24) is 15.1 Å². The third kappa shape index (κ3) is 2.81. The first-order chi connectivity index (χ1) is 8.18. The maximum atomic E-state index is 12.1. The van der Waals surface area contributed by atoms with E-state index >= 15 is 0 Å². The van der Waals surface area contributed by atoms with Gasteiger partial charge in [0, 0.05) is 13.1 Å². The maximum absolute atomic E-state index is 12.1. The largest absolute Gasteiger partial charge is 0.337 e. The Morgan fingerprint density at radius 3 is 2.41 bits per heavy atom. The Morgan fingerprint density at radius 2 is 1.88 bits per heavy atom. The number of nitrogens with zero attached hydrogens (tertiary/aromatic N) is 3. The van der Waals surface area contributed by atoms with E-state index in [-0.39, 0.29) is 5.91 Å². The van der Waals surface area contributed by atoms with Crippen molar-refractivity contribution in [3.8, 4) is 0 Å². The van der Waals surface area contributed by atoms with Crippen molar-refractivity contribution >= 4 is 5.91 Å². The number of likely N-dealkylation sites (tertiary alicyclic amines) is 1. The molecule has 0 aromatic carbocycles. The summed E-state index contributed by atoms with van der Waals surface area (Å²) in [5, 5.41) is 8.13. The van der Waals surface area contributed by atoms with E-state index in [1.165, 1.54) is 6.42 Å². The summed E-state index contributed by atoms with van der Waals surface area (Å²) in [5.41, 5.74) is 1.40. The first-order valence-corrected chi connectivity index (χ1v) is 6.31. The molecule has 0 N–H and O–H groups in total. The lowest BCUT2D eigenvalue weighted by molar-refractivity contribution is 0.0717. The molecule has 92 valence electrons. The molecule has 0 saturated carbocycles. The zero-order valence-corrected chi connectivity index (χ0v) is 10.5. The molecule has 0 bridgehead atoms. The molecule has 0 unspecified atom stereocenters. The van der Waals surface area contributed by atoms with Gasteiger partial charge in [-0.1, -0.05) is 13.8 Å². The molecule has 1 saturated heterocycles. The predicted octanol–water partition coefficient (Wildman–Crippen LogP) is 2.23. The van der Waals surface area contributed by atoms with Crippen LogP contribution in [-0.4, -0.2) is 34.1 Å². The van der Waals surface area contributed by atoms with Crippen LogP contribution in [0, 0.1) is 0 Å². The van der Waals surface area contributed by atoms with E-state index in [0.29, 0.717) is 11.6 Å². The number of aromatic nitrogens is 2. The summed E-state index contributed by atoms with van der Waals surface area (Å²) in [6.45, 7) is 5.84. The second kappa shape index (κ2) is 5.25. The number of hydrogen-bond donors (Lipinski definition) is 0. The highest BCUT2D eigenvalue weighted by Crippen LogP contribution is 2.13. The fraction of sp³-hybridized carbons (Fsp3) is 0.615. The van der Waals surface area contributed by atoms with E-state index in [1.54, 1.807) is 6.07 Å². The fourth-order valence-corrected chi connectivity index (χ4v) is 2.02. The molecule has 4 nitrogen and oxygen atoms in total. The van der Waals surface area contributed by atoms with E-state index in [0.717, 1.165) is 31.6 Å². The Morgan fingerprint density at radius 1 is 1.18 bits per heavy atom. The molecule has 1 amide bonds. The number of carbonyl (C=O) groups excluding carboxylic acids is 1. The zero-order chi connectivity index (χ0) is 12.3. The topological polar surface area (TPSA) is 46.1 Å². The minimum Gasteiger partial charge on any atom is -0.337 e. The molecular formula is C13H19N3O. The Kier molecular flexibility index (Phi) is 3.71. The van der Waals surface area contributed by atoms with Gasteiger partial charge in [-0.3, -0.25) is 4.79 Å². The molecule has 17 heavy (non-hydrogen) atoms. The molecule has 1 fully saturated rings. The minimum atomic E-state index is 0.0208. The van der Waals surface area contributed by atoms with Crippen LogP contribution < -0.4 is 0 Å². The highest BCUT2D eigenvalue weighted by molar-refractivity contribution is 5.92. The summed E-state index contributed by atoms with van der Waals surface area (Å²) in [7, 11) is 0. The Bertz CT molecular complexity index is 380. The fourth-order valence-electron chi connectivity index (χ4n) is 2.02. The molecule has 2 rings (SSSR count). The van der Waals surface area contributed by atoms with Crippen molar-refractivity contribution in [2.24, 2.45) is 0 Å². The van der Waals surface area contributed by atoms with Crippen LogP contribution in [0.25, 0.3) is 0 Å². The number of carbonyl (C=O) groups is 1. The van der Waals surface area contributed by atoms with Crippen LogP contribution in [0.1, 0.15) is 55.2 Å². The van der Waals surface area contributed by atoms with E-state index in [2.05, 4.69) is 24.0 Å². The number of hydrogen-bond acceptors (Lipinski definition) is 3. The van der Waals surface area contributed by atoms with Gasteiger partial charge in [0.1, 0.15) is 0 Å². The molecule has 0 radical (unpaired) electrons. The first-order valence-electron chi connectivity index (χ1n) is 6.31. The zero-order valence-electron chi connectivity index (χ0n) is 10.5. The molecule has 1 aromatic rings. The van der Waals surface area contributed by atoms with Crippen LogP contribution in [0.2, 0.25) is 0 Å². The van der Waals surface area contributed by atoms with Crippen molar-refractivity contribution in [1.29, 1.82) is 0 Å². The first kappa shape index (κ1) is 12.0. The average Bonchev–Trinajstić information content (AvgIpc) is 2.39. The van der Waals surface area contributed by atoms with Gasteiger partial charge < -0.3 is 4.90 Å².